The van der Waals surface area contributed by atoms with E-state index in [0.29, 0.717) is 6.04 Å². The lowest BCUT2D eigenvalue weighted by Gasteiger charge is -2.37. The summed E-state index contributed by atoms with van der Waals surface area (Å²) in [6.45, 7) is 2.32. The molecule has 0 saturated carbocycles. The molecule has 1 aromatic rings. The first-order chi connectivity index (χ1) is 11.6. The summed E-state index contributed by atoms with van der Waals surface area (Å²) in [5, 5.41) is 3.18. The summed E-state index contributed by atoms with van der Waals surface area (Å²) in [7, 11) is 1.93. The van der Waals surface area contributed by atoms with Gasteiger partial charge in [0.2, 0.25) is 0 Å². The van der Waals surface area contributed by atoms with Gasteiger partial charge < -0.3 is 15.0 Å². The summed E-state index contributed by atoms with van der Waals surface area (Å²) in [5.41, 5.74) is 2.82. The highest BCUT2D eigenvalue weighted by Gasteiger charge is 2.33. The Labute approximate surface area is 149 Å². The lowest BCUT2D eigenvalue weighted by Crippen LogP contribution is -2.50. The highest BCUT2D eigenvalue weighted by molar-refractivity contribution is 8.00. The van der Waals surface area contributed by atoms with Gasteiger partial charge in [0.25, 0.3) is 0 Å². The zero-order valence-electron chi connectivity index (χ0n) is 14.7. The molecule has 1 N–H and O–H groups in total. The third kappa shape index (κ3) is 3.89. The van der Waals surface area contributed by atoms with Crippen molar-refractivity contribution in [3.63, 3.8) is 0 Å². The molecule has 1 aromatic carbocycles. The van der Waals surface area contributed by atoms with E-state index in [1.54, 1.807) is 0 Å². The standard InChI is InChI=1S/C19H28N2O2S/c1-21(17-8-7-15-5-3-4-6-16(15)13-17)18(22)20-14-19(24-2)9-11-23-12-10-19/h3-6,17H,7-14H2,1-2H3,(H,20,22). The van der Waals surface area contributed by atoms with E-state index in [2.05, 4.69) is 35.8 Å². The van der Waals surface area contributed by atoms with E-state index in [4.69, 9.17) is 4.74 Å². The number of amides is 2. The Morgan fingerprint density at radius 2 is 2.04 bits per heavy atom. The predicted molar refractivity (Wildman–Crippen MR) is 99.7 cm³/mol. The van der Waals surface area contributed by atoms with Crippen LogP contribution in [0.2, 0.25) is 0 Å². The molecule has 1 fully saturated rings. The third-order valence-electron chi connectivity index (χ3n) is 5.59. The number of thioether (sulfide) groups is 1. The molecular weight excluding hydrogens is 320 g/mol. The number of hydrogen-bond donors (Lipinski definition) is 1. The van der Waals surface area contributed by atoms with Crippen molar-refractivity contribution in [2.24, 2.45) is 0 Å². The predicted octanol–water partition coefficient (Wildman–Crippen LogP) is 3.10. The molecule has 1 atom stereocenters. The van der Waals surface area contributed by atoms with Crippen LogP contribution in [0.3, 0.4) is 0 Å². The number of carbonyl (C=O) groups excluding carboxylic acids is 1. The minimum atomic E-state index is 0.0549. The van der Waals surface area contributed by atoms with Crippen molar-refractivity contribution < 1.29 is 9.53 Å². The number of carbonyl (C=O) groups is 1. The normalized spacial score (nSPS) is 22.5. The van der Waals surface area contributed by atoms with Gasteiger partial charge in [0.15, 0.2) is 0 Å². The Hall–Kier alpha value is -1.20. The average Bonchev–Trinajstić information content (AvgIpc) is 2.66. The molecule has 1 unspecified atom stereocenters. The smallest absolute Gasteiger partial charge is 0.317 e. The molecule has 24 heavy (non-hydrogen) atoms. The molecule has 0 aromatic heterocycles. The Morgan fingerprint density at radius 1 is 1.33 bits per heavy atom. The molecule has 0 bridgehead atoms. The molecule has 5 heteroatoms. The fourth-order valence-corrected chi connectivity index (χ4v) is 4.52. The lowest BCUT2D eigenvalue weighted by molar-refractivity contribution is 0.0771. The number of ether oxygens (including phenoxy) is 1. The maximum Gasteiger partial charge on any atom is 0.317 e. The van der Waals surface area contributed by atoms with E-state index in [9.17, 15) is 4.79 Å². The SMILES string of the molecule is CSC1(CNC(=O)N(C)C2CCc3ccccc3C2)CCOCC1. The summed E-state index contributed by atoms with van der Waals surface area (Å²) in [5.74, 6) is 0. The summed E-state index contributed by atoms with van der Waals surface area (Å²) in [6.07, 6.45) is 7.22. The number of fused-ring (bicyclic) bond motifs is 1. The van der Waals surface area contributed by atoms with Gasteiger partial charge in [-0.05, 0) is 49.5 Å². The van der Waals surface area contributed by atoms with Crippen LogP contribution in [0, 0.1) is 0 Å². The minimum absolute atomic E-state index is 0.0549. The van der Waals surface area contributed by atoms with Crippen molar-refractivity contribution in [3.05, 3.63) is 35.4 Å². The second-order valence-corrected chi connectivity index (χ2v) is 8.21. The number of urea groups is 1. The van der Waals surface area contributed by atoms with Crippen molar-refractivity contribution in [3.8, 4) is 0 Å². The van der Waals surface area contributed by atoms with Crippen LogP contribution >= 0.6 is 11.8 Å². The van der Waals surface area contributed by atoms with Crippen LogP contribution in [-0.2, 0) is 17.6 Å². The van der Waals surface area contributed by atoms with Crippen molar-refractivity contribution >= 4 is 17.8 Å². The van der Waals surface area contributed by atoms with Crippen molar-refractivity contribution in [2.75, 3.05) is 33.1 Å². The fraction of sp³-hybridized carbons (Fsp3) is 0.632. The Bertz CT molecular complexity index is 572. The quantitative estimate of drug-likeness (QED) is 0.909. The molecule has 1 saturated heterocycles. The Balaban J connectivity index is 1.55. The van der Waals surface area contributed by atoms with Gasteiger partial charge in [-0.1, -0.05) is 24.3 Å². The van der Waals surface area contributed by atoms with Gasteiger partial charge in [0.1, 0.15) is 0 Å². The molecule has 2 amide bonds. The largest absolute Gasteiger partial charge is 0.381 e. The number of likely N-dealkylation sites (N-methyl/N-ethyl adjacent to an activating group) is 1. The second kappa shape index (κ2) is 7.79. The molecule has 2 aliphatic rings. The first-order valence-corrected chi connectivity index (χ1v) is 10.1. The summed E-state index contributed by atoms with van der Waals surface area (Å²) in [4.78, 5) is 14.5. The maximum absolute atomic E-state index is 12.6. The molecule has 1 aliphatic heterocycles. The number of aryl methyl sites for hydroxylation is 1. The molecule has 132 valence electrons. The molecule has 0 radical (unpaired) electrons. The van der Waals surface area contributed by atoms with Crippen LogP contribution in [0.1, 0.15) is 30.4 Å². The van der Waals surface area contributed by atoms with Gasteiger partial charge in [-0.15, -0.1) is 0 Å². The molecular formula is C19H28N2O2S. The van der Waals surface area contributed by atoms with Gasteiger partial charge in [-0.2, -0.15) is 11.8 Å². The number of hydrogen-bond acceptors (Lipinski definition) is 3. The van der Waals surface area contributed by atoms with Gasteiger partial charge in [-0.3, -0.25) is 0 Å². The topological polar surface area (TPSA) is 41.6 Å². The average molecular weight is 349 g/mol. The van der Waals surface area contributed by atoms with Crippen molar-refractivity contribution in [1.82, 2.24) is 10.2 Å². The van der Waals surface area contributed by atoms with Crippen LogP contribution in [0.15, 0.2) is 24.3 Å². The van der Waals surface area contributed by atoms with E-state index in [1.165, 1.54) is 11.1 Å². The van der Waals surface area contributed by atoms with Crippen LogP contribution in [0.25, 0.3) is 0 Å². The number of rotatable bonds is 4. The second-order valence-electron chi connectivity index (χ2n) is 6.93. The summed E-state index contributed by atoms with van der Waals surface area (Å²) in [6, 6.07) is 8.94. The highest BCUT2D eigenvalue weighted by atomic mass is 32.2. The molecule has 0 spiro atoms. The molecule has 1 heterocycles. The molecule has 3 rings (SSSR count). The van der Waals surface area contributed by atoms with Crippen molar-refractivity contribution in [2.45, 2.75) is 42.9 Å². The van der Waals surface area contributed by atoms with E-state index < -0.39 is 0 Å². The molecule has 4 nitrogen and oxygen atoms in total. The first-order valence-electron chi connectivity index (χ1n) is 8.84. The van der Waals surface area contributed by atoms with Crippen LogP contribution in [0.4, 0.5) is 4.79 Å². The number of nitrogens with one attached hydrogen (secondary N) is 1. The van der Waals surface area contributed by atoms with E-state index in [0.717, 1.165) is 51.9 Å². The lowest BCUT2D eigenvalue weighted by atomic mass is 9.88. The van der Waals surface area contributed by atoms with Crippen LogP contribution < -0.4 is 5.32 Å². The van der Waals surface area contributed by atoms with E-state index >= 15 is 0 Å². The first kappa shape index (κ1) is 17.6. The zero-order valence-corrected chi connectivity index (χ0v) is 15.5. The highest BCUT2D eigenvalue weighted by Crippen LogP contribution is 2.33. The van der Waals surface area contributed by atoms with E-state index in [-0.39, 0.29) is 10.8 Å². The van der Waals surface area contributed by atoms with Gasteiger partial charge in [0, 0.05) is 37.6 Å². The Morgan fingerprint density at radius 3 is 2.75 bits per heavy atom. The fourth-order valence-electron chi connectivity index (χ4n) is 3.73. The summed E-state index contributed by atoms with van der Waals surface area (Å²) < 4.78 is 5.61. The van der Waals surface area contributed by atoms with E-state index in [1.807, 2.05) is 23.7 Å². The summed E-state index contributed by atoms with van der Waals surface area (Å²) >= 11 is 1.86. The third-order valence-corrected chi connectivity index (χ3v) is 7.01. The number of benzene rings is 1. The monoisotopic (exact) mass is 348 g/mol. The van der Waals surface area contributed by atoms with Crippen molar-refractivity contribution in [1.29, 1.82) is 0 Å². The zero-order chi connectivity index (χ0) is 17.0. The molecule has 1 aliphatic carbocycles. The maximum atomic E-state index is 12.6. The Kier molecular flexibility index (Phi) is 5.72. The number of nitrogens with zero attached hydrogens (tertiary/aromatic N) is 1. The van der Waals surface area contributed by atoms with Gasteiger partial charge in [-0.25, -0.2) is 4.79 Å². The van der Waals surface area contributed by atoms with Gasteiger partial charge in [0.05, 0.1) is 0 Å². The van der Waals surface area contributed by atoms with Crippen LogP contribution in [-0.4, -0.2) is 54.8 Å². The minimum Gasteiger partial charge on any atom is -0.381 e. The van der Waals surface area contributed by atoms with Gasteiger partial charge >= 0.3 is 6.03 Å². The van der Waals surface area contributed by atoms with Crippen LogP contribution in [0.5, 0.6) is 0 Å².